The molecule has 1 aliphatic rings. The predicted molar refractivity (Wildman–Crippen MR) is 78.1 cm³/mol. The maximum Gasteiger partial charge on any atom is 0.162 e. The molecule has 0 aliphatic carbocycles. The van der Waals surface area contributed by atoms with Gasteiger partial charge in [0.15, 0.2) is 11.5 Å². The number of nitrogens with zero attached hydrogens (tertiary/aromatic N) is 1. The van der Waals surface area contributed by atoms with Crippen molar-refractivity contribution in [2.75, 3.05) is 32.2 Å². The van der Waals surface area contributed by atoms with E-state index in [9.17, 15) is 0 Å². The number of ether oxygens (including phenoxy) is 2. The van der Waals surface area contributed by atoms with Crippen molar-refractivity contribution in [2.45, 2.75) is 25.8 Å². The van der Waals surface area contributed by atoms with Crippen LogP contribution in [0.5, 0.6) is 11.5 Å². The Labute approximate surface area is 115 Å². The second-order valence-electron chi connectivity index (χ2n) is 5.77. The van der Waals surface area contributed by atoms with E-state index in [-0.39, 0.29) is 5.54 Å². The summed E-state index contributed by atoms with van der Waals surface area (Å²) in [5.41, 5.74) is 7.12. The summed E-state index contributed by atoms with van der Waals surface area (Å²) in [6.45, 7) is 6.27. The summed E-state index contributed by atoms with van der Waals surface area (Å²) in [4.78, 5) is 2.41. The molecule has 1 fully saturated rings. The van der Waals surface area contributed by atoms with Gasteiger partial charge in [0.1, 0.15) is 0 Å². The van der Waals surface area contributed by atoms with E-state index in [2.05, 4.69) is 24.8 Å². The van der Waals surface area contributed by atoms with Gasteiger partial charge in [0.25, 0.3) is 0 Å². The third-order valence-electron chi connectivity index (χ3n) is 3.97. The van der Waals surface area contributed by atoms with Crippen LogP contribution in [0.1, 0.15) is 20.3 Å². The predicted octanol–water partition coefficient (Wildman–Crippen LogP) is 2.27. The second-order valence-corrected chi connectivity index (χ2v) is 5.77. The Hall–Kier alpha value is -1.42. The van der Waals surface area contributed by atoms with E-state index in [1.54, 1.807) is 14.2 Å². The molecule has 4 heteroatoms. The number of anilines is 1. The molecule has 0 radical (unpaired) electrons. The largest absolute Gasteiger partial charge is 0.493 e. The van der Waals surface area contributed by atoms with Gasteiger partial charge in [-0.25, -0.2) is 0 Å². The monoisotopic (exact) mass is 264 g/mol. The van der Waals surface area contributed by atoms with Crippen molar-refractivity contribution in [1.82, 2.24) is 0 Å². The van der Waals surface area contributed by atoms with Gasteiger partial charge >= 0.3 is 0 Å². The van der Waals surface area contributed by atoms with Crippen molar-refractivity contribution in [3.05, 3.63) is 18.2 Å². The van der Waals surface area contributed by atoms with Crippen LogP contribution in [0.25, 0.3) is 0 Å². The van der Waals surface area contributed by atoms with Gasteiger partial charge in [-0.15, -0.1) is 0 Å². The molecule has 0 aromatic heterocycles. The minimum absolute atomic E-state index is 0.129. The Morgan fingerprint density at radius 2 is 1.95 bits per heavy atom. The Morgan fingerprint density at radius 3 is 2.47 bits per heavy atom. The fourth-order valence-electron chi connectivity index (χ4n) is 2.99. The zero-order valence-corrected chi connectivity index (χ0v) is 12.3. The summed E-state index contributed by atoms with van der Waals surface area (Å²) >= 11 is 0. The molecular weight excluding hydrogens is 240 g/mol. The first-order valence-electron chi connectivity index (χ1n) is 6.71. The lowest BCUT2D eigenvalue weighted by Gasteiger charge is -2.34. The van der Waals surface area contributed by atoms with E-state index in [1.165, 1.54) is 5.69 Å². The lowest BCUT2D eigenvalue weighted by molar-refractivity contribution is 0.355. The Bertz CT molecular complexity index is 446. The highest BCUT2D eigenvalue weighted by Gasteiger charge is 2.37. The Kier molecular flexibility index (Phi) is 3.90. The summed E-state index contributed by atoms with van der Waals surface area (Å²) in [5.74, 6) is 2.09. The number of hydrogen-bond acceptors (Lipinski definition) is 4. The van der Waals surface area contributed by atoms with Crippen LogP contribution in [0.15, 0.2) is 18.2 Å². The van der Waals surface area contributed by atoms with Crippen LogP contribution in [0, 0.1) is 5.92 Å². The zero-order chi connectivity index (χ0) is 14.0. The van der Waals surface area contributed by atoms with Gasteiger partial charge in [0, 0.05) is 23.8 Å². The summed E-state index contributed by atoms with van der Waals surface area (Å²) in [5, 5.41) is 0. The van der Waals surface area contributed by atoms with Crippen LogP contribution in [-0.4, -0.2) is 32.8 Å². The molecule has 0 amide bonds. The minimum atomic E-state index is 0.129. The fraction of sp³-hybridized carbons (Fsp3) is 0.600. The number of methoxy groups -OCH3 is 2. The van der Waals surface area contributed by atoms with Crippen LogP contribution in [0.2, 0.25) is 0 Å². The molecular formula is C15H24N2O2. The molecule has 1 aromatic carbocycles. The number of rotatable bonds is 4. The van der Waals surface area contributed by atoms with Gasteiger partial charge in [-0.3, -0.25) is 0 Å². The van der Waals surface area contributed by atoms with Crippen molar-refractivity contribution in [3.8, 4) is 11.5 Å². The average molecular weight is 264 g/mol. The number of hydrogen-bond donors (Lipinski definition) is 1. The van der Waals surface area contributed by atoms with Gasteiger partial charge in [-0.1, -0.05) is 0 Å². The second kappa shape index (κ2) is 5.29. The maximum absolute atomic E-state index is 5.83. The maximum atomic E-state index is 5.83. The first-order chi connectivity index (χ1) is 9.01. The molecule has 1 unspecified atom stereocenters. The summed E-state index contributed by atoms with van der Waals surface area (Å²) in [7, 11) is 3.32. The molecule has 4 nitrogen and oxygen atoms in total. The fourth-order valence-corrected chi connectivity index (χ4v) is 2.99. The van der Waals surface area contributed by atoms with Crippen LogP contribution < -0.4 is 20.1 Å². The van der Waals surface area contributed by atoms with Gasteiger partial charge in [-0.2, -0.15) is 0 Å². The molecule has 19 heavy (non-hydrogen) atoms. The van der Waals surface area contributed by atoms with Gasteiger partial charge in [-0.05, 0) is 44.9 Å². The summed E-state index contributed by atoms with van der Waals surface area (Å²) < 4.78 is 10.7. The third-order valence-corrected chi connectivity index (χ3v) is 3.97. The van der Waals surface area contributed by atoms with Crippen molar-refractivity contribution >= 4 is 5.69 Å². The molecule has 1 saturated heterocycles. The minimum Gasteiger partial charge on any atom is -0.493 e. The SMILES string of the molecule is COc1ccc(N2CC(CN)CC2(C)C)cc1OC. The third kappa shape index (κ3) is 2.63. The smallest absolute Gasteiger partial charge is 0.162 e. The zero-order valence-electron chi connectivity index (χ0n) is 12.3. The van der Waals surface area contributed by atoms with Crippen LogP contribution in [-0.2, 0) is 0 Å². The summed E-state index contributed by atoms with van der Waals surface area (Å²) in [6, 6.07) is 6.08. The number of benzene rings is 1. The molecule has 0 saturated carbocycles. The van der Waals surface area contributed by atoms with Crippen molar-refractivity contribution < 1.29 is 9.47 Å². The average Bonchev–Trinajstić information content (AvgIpc) is 2.73. The standard InChI is InChI=1S/C15H24N2O2/c1-15(2)8-11(9-16)10-17(15)12-5-6-13(18-3)14(7-12)19-4/h5-7,11H,8-10,16H2,1-4H3. The van der Waals surface area contributed by atoms with E-state index in [4.69, 9.17) is 15.2 Å². The van der Waals surface area contributed by atoms with Crippen molar-refractivity contribution in [1.29, 1.82) is 0 Å². The lowest BCUT2D eigenvalue weighted by atomic mass is 9.96. The van der Waals surface area contributed by atoms with Crippen LogP contribution in [0.3, 0.4) is 0 Å². The first kappa shape index (κ1) is 14.0. The Morgan fingerprint density at radius 1 is 1.26 bits per heavy atom. The van der Waals surface area contributed by atoms with E-state index in [1.807, 2.05) is 12.1 Å². The van der Waals surface area contributed by atoms with Gasteiger partial charge in [0.05, 0.1) is 14.2 Å². The quantitative estimate of drug-likeness (QED) is 0.906. The van der Waals surface area contributed by atoms with Crippen LogP contribution >= 0.6 is 0 Å². The van der Waals surface area contributed by atoms with Crippen molar-refractivity contribution in [2.24, 2.45) is 11.7 Å². The first-order valence-corrected chi connectivity index (χ1v) is 6.71. The van der Waals surface area contributed by atoms with Gasteiger partial charge < -0.3 is 20.1 Å². The molecule has 0 bridgehead atoms. The molecule has 1 aliphatic heterocycles. The Balaban J connectivity index is 2.31. The molecule has 2 N–H and O–H groups in total. The number of nitrogens with two attached hydrogens (primary N) is 1. The van der Waals surface area contributed by atoms with Crippen molar-refractivity contribution in [3.63, 3.8) is 0 Å². The lowest BCUT2D eigenvalue weighted by Crippen LogP contribution is -2.38. The van der Waals surface area contributed by atoms with E-state index in [0.29, 0.717) is 5.92 Å². The van der Waals surface area contributed by atoms with Gasteiger partial charge in [0.2, 0.25) is 0 Å². The highest BCUT2D eigenvalue weighted by molar-refractivity contribution is 5.58. The van der Waals surface area contributed by atoms with E-state index < -0.39 is 0 Å². The van der Waals surface area contributed by atoms with E-state index in [0.717, 1.165) is 31.0 Å². The normalized spacial score (nSPS) is 21.5. The van der Waals surface area contributed by atoms with Crippen LogP contribution in [0.4, 0.5) is 5.69 Å². The molecule has 1 atom stereocenters. The molecule has 2 rings (SSSR count). The summed E-state index contributed by atoms with van der Waals surface area (Å²) in [6.07, 6.45) is 1.12. The highest BCUT2D eigenvalue weighted by atomic mass is 16.5. The molecule has 1 aromatic rings. The molecule has 1 heterocycles. The van der Waals surface area contributed by atoms with E-state index >= 15 is 0 Å². The highest BCUT2D eigenvalue weighted by Crippen LogP contribution is 2.39. The molecule has 0 spiro atoms. The molecule has 106 valence electrons. The topological polar surface area (TPSA) is 47.7 Å².